The normalized spacial score (nSPS) is 10.6. The first kappa shape index (κ1) is 27.8. The van der Waals surface area contributed by atoms with Gasteiger partial charge in [0.15, 0.2) is 0 Å². The molecule has 0 amide bonds. The van der Waals surface area contributed by atoms with Gasteiger partial charge in [-0.3, -0.25) is 0 Å². The molecule has 1 nitrogen and oxygen atoms in total. The second-order valence-electron chi connectivity index (χ2n) is 7.70. The van der Waals surface area contributed by atoms with Crippen LogP contribution in [0.2, 0.25) is 19.6 Å². The van der Waals surface area contributed by atoms with Crippen molar-refractivity contribution in [2.45, 2.75) is 33.0 Å². The first-order valence-corrected chi connectivity index (χ1v) is 13.7. The molecule has 0 spiro atoms. The van der Waals surface area contributed by atoms with Crippen LogP contribution in [0.1, 0.15) is 16.7 Å². The maximum absolute atomic E-state index is 9.38. The Morgan fingerprint density at radius 2 is 1.55 bits per heavy atom. The van der Waals surface area contributed by atoms with Crippen LogP contribution < -0.4 is 30.0 Å². The Morgan fingerprint density at radius 1 is 0.931 bits per heavy atom. The second kappa shape index (κ2) is 12.5. The predicted molar refractivity (Wildman–Crippen MR) is 116 cm³/mol. The van der Waals surface area contributed by atoms with Gasteiger partial charge in [-0.25, -0.2) is 0 Å². The van der Waals surface area contributed by atoms with E-state index in [9.17, 15) is 5.11 Å². The van der Waals surface area contributed by atoms with Gasteiger partial charge in [0.05, 0.1) is 8.07 Å². The second-order valence-corrected chi connectivity index (χ2v) is 12.8. The number of halogens is 2. The largest absolute Gasteiger partial charge is 1.00 e. The van der Waals surface area contributed by atoms with E-state index < -0.39 is 8.07 Å². The minimum Gasteiger partial charge on any atom is -1.00 e. The van der Waals surface area contributed by atoms with Gasteiger partial charge in [-0.15, -0.1) is 5.56 Å². The molecule has 5 heteroatoms. The van der Waals surface area contributed by atoms with Crippen LogP contribution in [0.3, 0.4) is 0 Å². The molecule has 0 aromatic heterocycles. The minimum atomic E-state index is -1.26. The van der Waals surface area contributed by atoms with Gasteiger partial charge in [0.2, 0.25) is 0 Å². The number of hydrogen-bond donors (Lipinski definition) is 1. The molecular formula is C24H27Cl2OSiTi-2. The van der Waals surface area contributed by atoms with Crippen molar-refractivity contribution < 1.29 is 49.9 Å². The molecule has 29 heavy (non-hydrogen) atoms. The smallest absolute Gasteiger partial charge is 0.0253 e. The summed E-state index contributed by atoms with van der Waals surface area (Å²) in [5.41, 5.74) is 6.66. The fourth-order valence-electron chi connectivity index (χ4n) is 3.19. The van der Waals surface area contributed by atoms with E-state index in [1.54, 1.807) is 26.0 Å². The third-order valence-electron chi connectivity index (χ3n) is 4.54. The fourth-order valence-corrected chi connectivity index (χ4v) is 4.44. The molecule has 0 atom stereocenters. The van der Waals surface area contributed by atoms with Gasteiger partial charge in [0, 0.05) is 0 Å². The van der Waals surface area contributed by atoms with E-state index in [4.69, 9.17) is 0 Å². The molecule has 0 radical (unpaired) electrons. The molecule has 0 saturated heterocycles. The van der Waals surface area contributed by atoms with Gasteiger partial charge in [0.1, 0.15) is 5.75 Å². The van der Waals surface area contributed by atoms with Crippen LogP contribution in [0.25, 0.3) is 11.1 Å². The van der Waals surface area contributed by atoms with E-state index in [1.807, 2.05) is 19.1 Å². The summed E-state index contributed by atoms with van der Waals surface area (Å²) < 4.78 is 0. The Morgan fingerprint density at radius 3 is 2.17 bits per heavy atom. The number of aromatic hydroxyl groups is 1. The summed E-state index contributed by atoms with van der Waals surface area (Å²) in [6.07, 6.45) is 1.05. The van der Waals surface area contributed by atoms with Crippen molar-refractivity contribution in [2.75, 3.05) is 0 Å². The quantitative estimate of drug-likeness (QED) is 0.283. The number of rotatable bonds is 1. The van der Waals surface area contributed by atoms with Crippen LogP contribution in [0.15, 0.2) is 60.7 Å². The minimum absolute atomic E-state index is 0. The number of fused-ring (bicyclic) bond motifs is 3. The van der Waals surface area contributed by atoms with Crippen molar-refractivity contribution in [1.82, 2.24) is 0 Å². The maximum atomic E-state index is 9.38. The molecule has 0 heterocycles. The van der Waals surface area contributed by atoms with Gasteiger partial charge < -0.3 is 29.9 Å². The number of hydrogen-bond acceptors (Lipinski definition) is 1. The van der Waals surface area contributed by atoms with Crippen molar-refractivity contribution >= 4 is 18.1 Å². The summed E-state index contributed by atoms with van der Waals surface area (Å²) >= 11 is 1.75. The summed E-state index contributed by atoms with van der Waals surface area (Å²) in [6.45, 7) is 8.85. The molecule has 1 aliphatic rings. The molecule has 1 aliphatic carbocycles. The standard InChI is InChI=1S/C13H9.C10H16OSi.CH2.2ClH.Ti/c1-3-7-12-10(5-1)9-11-6-2-4-8-13(11)12;1-8-5-9(11)7-10(6-8)12(2,3)4;;;;/h1-5,7-8H,9H2;5-7,11H,1-4H3;1H2;2*1H;/q-1;;;;;+1/p-2. The first-order valence-electron chi connectivity index (χ1n) is 9.09. The third kappa shape index (κ3) is 7.55. The summed E-state index contributed by atoms with van der Waals surface area (Å²) in [5.74, 6) is 0.396. The molecular weight excluding hydrogens is 451 g/mol. The van der Waals surface area contributed by atoms with E-state index in [0.717, 1.165) is 12.0 Å². The first-order chi connectivity index (χ1) is 12.8. The summed E-state index contributed by atoms with van der Waals surface area (Å²) in [4.78, 5) is 3.25. The Hall–Kier alpha value is -1.16. The van der Waals surface area contributed by atoms with Crippen LogP contribution in [0, 0.1) is 13.0 Å². The van der Waals surface area contributed by atoms with Gasteiger partial charge in [-0.2, -0.15) is 29.8 Å². The predicted octanol–water partition coefficient (Wildman–Crippen LogP) is -0.723. The molecule has 0 saturated carbocycles. The molecule has 0 fully saturated rings. The van der Waals surface area contributed by atoms with Crippen molar-refractivity contribution in [3.63, 3.8) is 0 Å². The topological polar surface area (TPSA) is 20.2 Å². The van der Waals surface area contributed by atoms with E-state index in [2.05, 4.69) is 73.0 Å². The molecule has 0 aliphatic heterocycles. The zero-order valence-electron chi connectivity index (χ0n) is 17.4. The average Bonchev–Trinajstić information content (AvgIpc) is 3.01. The monoisotopic (exact) mass is 477 g/mol. The van der Waals surface area contributed by atoms with Crippen molar-refractivity contribution in [3.8, 4) is 16.9 Å². The summed E-state index contributed by atoms with van der Waals surface area (Å²) in [5, 5.41) is 10.7. The Kier molecular flexibility index (Phi) is 12.0. The molecule has 3 aromatic rings. The Labute approximate surface area is 200 Å². The zero-order valence-corrected chi connectivity index (χ0v) is 21.5. The van der Waals surface area contributed by atoms with Crippen molar-refractivity contribution in [2.24, 2.45) is 0 Å². The summed E-state index contributed by atoms with van der Waals surface area (Å²) in [7, 11) is -1.26. The average molecular weight is 478 g/mol. The number of phenols is 1. The van der Waals surface area contributed by atoms with Gasteiger partial charge in [0.25, 0.3) is 0 Å². The van der Waals surface area contributed by atoms with Crippen molar-refractivity contribution in [1.29, 1.82) is 0 Å². The fraction of sp³-hybridized carbons (Fsp3) is 0.208. The van der Waals surface area contributed by atoms with Gasteiger partial charge in [-0.05, 0) is 31.0 Å². The third-order valence-corrected chi connectivity index (χ3v) is 6.57. The van der Waals surface area contributed by atoms with Crippen LogP contribution in [-0.2, 0) is 26.4 Å². The number of aryl methyl sites for hydroxylation is 1. The van der Waals surface area contributed by atoms with Crippen LogP contribution in [0.4, 0.5) is 0 Å². The number of benzene rings is 3. The molecule has 0 unspecified atom stereocenters. The zero-order chi connectivity index (χ0) is 20.0. The van der Waals surface area contributed by atoms with E-state index in [-0.39, 0.29) is 24.8 Å². The summed E-state index contributed by atoms with van der Waals surface area (Å²) in [6, 6.07) is 24.0. The SMILES string of the molecule is Cc1cc(O)cc([Si](C)(C)C)c1.[CH2]=[Ti+].[Cl-].[Cl-].[c-]1cccc2c1Cc1ccccc1-2. The molecule has 153 valence electrons. The van der Waals surface area contributed by atoms with Gasteiger partial charge >= 0.3 is 24.8 Å². The van der Waals surface area contributed by atoms with E-state index in [1.165, 1.54) is 27.4 Å². The molecule has 1 N–H and O–H groups in total. The maximum Gasteiger partial charge on any atom is -0.0253 e. The molecule has 4 rings (SSSR count). The Bertz CT molecular complexity index is 859. The van der Waals surface area contributed by atoms with Crippen LogP contribution >= 0.6 is 0 Å². The van der Waals surface area contributed by atoms with Crippen molar-refractivity contribution in [3.05, 3.63) is 83.4 Å². The van der Waals surface area contributed by atoms with Gasteiger partial charge in [-0.1, -0.05) is 66.3 Å². The van der Waals surface area contributed by atoms with Crippen LogP contribution in [-0.4, -0.2) is 18.0 Å². The van der Waals surface area contributed by atoms with E-state index >= 15 is 0 Å². The number of phenolic OH excluding ortho intramolecular Hbond substituents is 1. The molecule has 0 bridgehead atoms. The Balaban J connectivity index is 0.000000471. The molecule has 3 aromatic carbocycles. The van der Waals surface area contributed by atoms with E-state index in [0.29, 0.717) is 5.75 Å². The van der Waals surface area contributed by atoms with Crippen LogP contribution in [0.5, 0.6) is 5.75 Å².